The highest BCUT2D eigenvalue weighted by atomic mass is 32.2. The van der Waals surface area contributed by atoms with Crippen LogP contribution in [0, 0.1) is 11.3 Å². The fourth-order valence-electron chi connectivity index (χ4n) is 2.64. The van der Waals surface area contributed by atoms with E-state index in [4.69, 9.17) is 14.7 Å². The van der Waals surface area contributed by atoms with Crippen molar-refractivity contribution in [3.05, 3.63) is 29.8 Å². The third-order valence-electron chi connectivity index (χ3n) is 3.78. The zero-order chi connectivity index (χ0) is 18.4. The minimum atomic E-state index is -3.63. The summed E-state index contributed by atoms with van der Waals surface area (Å²) in [6.07, 6.45) is 0.463. The van der Waals surface area contributed by atoms with Gasteiger partial charge in [-0.25, -0.2) is 13.2 Å². The molecule has 1 heterocycles. The number of unbranched alkanes of at least 4 members (excludes halogenated alkanes) is 1. The lowest BCUT2D eigenvalue weighted by Crippen LogP contribution is -2.48. The Balaban J connectivity index is 2.05. The van der Waals surface area contributed by atoms with Gasteiger partial charge in [-0.2, -0.15) is 9.57 Å². The van der Waals surface area contributed by atoms with E-state index in [1.165, 1.54) is 28.6 Å². The Hall–Kier alpha value is -1.95. The average molecular weight is 366 g/mol. The van der Waals surface area contributed by atoms with E-state index in [1.54, 1.807) is 0 Å². The first-order valence-electron chi connectivity index (χ1n) is 8.14. The molecule has 1 aliphatic rings. The van der Waals surface area contributed by atoms with Gasteiger partial charge in [0.2, 0.25) is 10.0 Å². The number of benzene rings is 1. The number of hydrogen-bond donors (Lipinski definition) is 0. The molecule has 0 saturated carbocycles. The van der Waals surface area contributed by atoms with Gasteiger partial charge in [0, 0.05) is 19.5 Å². The first kappa shape index (κ1) is 19.4. The van der Waals surface area contributed by atoms with Crippen LogP contribution < -0.4 is 0 Å². The lowest BCUT2D eigenvalue weighted by Gasteiger charge is -2.34. The SMILES string of the molecule is CC1CN(S(=O)(=O)c2ccc(C(=O)OCCCC#N)cc2)CC(C)O1. The Morgan fingerprint density at radius 3 is 2.44 bits per heavy atom. The van der Waals surface area contributed by atoms with Crippen molar-refractivity contribution in [1.82, 2.24) is 4.31 Å². The highest BCUT2D eigenvalue weighted by Gasteiger charge is 2.32. The first-order chi connectivity index (χ1) is 11.8. The van der Waals surface area contributed by atoms with Crippen molar-refractivity contribution in [2.45, 2.75) is 43.8 Å². The predicted molar refractivity (Wildman–Crippen MR) is 90.3 cm³/mol. The quantitative estimate of drug-likeness (QED) is 0.564. The fourth-order valence-corrected chi connectivity index (χ4v) is 4.23. The van der Waals surface area contributed by atoms with E-state index in [9.17, 15) is 13.2 Å². The number of morpholine rings is 1. The van der Waals surface area contributed by atoms with Crippen molar-refractivity contribution in [2.75, 3.05) is 19.7 Å². The third-order valence-corrected chi connectivity index (χ3v) is 5.63. The zero-order valence-corrected chi connectivity index (χ0v) is 15.2. The molecule has 7 nitrogen and oxygen atoms in total. The van der Waals surface area contributed by atoms with Crippen LogP contribution in [0.1, 0.15) is 37.0 Å². The van der Waals surface area contributed by atoms with E-state index in [2.05, 4.69) is 0 Å². The van der Waals surface area contributed by atoms with E-state index < -0.39 is 16.0 Å². The number of nitriles is 1. The standard InChI is InChI=1S/C17H22N2O5S/c1-13-11-19(12-14(2)24-13)25(21,22)16-7-5-15(6-8-16)17(20)23-10-4-3-9-18/h5-8,13-14H,3-4,10-12H2,1-2H3. The maximum absolute atomic E-state index is 12.7. The molecule has 0 spiro atoms. The van der Waals surface area contributed by atoms with E-state index in [0.717, 1.165) is 0 Å². The number of carbonyl (C=O) groups excluding carboxylic acids is 1. The van der Waals surface area contributed by atoms with E-state index in [-0.39, 0.29) is 29.3 Å². The third kappa shape index (κ3) is 5.01. The van der Waals surface area contributed by atoms with Crippen LogP contribution in [0.3, 0.4) is 0 Å². The highest BCUT2D eigenvalue weighted by Crippen LogP contribution is 2.21. The number of esters is 1. The lowest BCUT2D eigenvalue weighted by molar-refractivity contribution is -0.0440. The van der Waals surface area contributed by atoms with Crippen molar-refractivity contribution < 1.29 is 22.7 Å². The van der Waals surface area contributed by atoms with Gasteiger partial charge in [-0.1, -0.05) is 0 Å². The van der Waals surface area contributed by atoms with E-state index in [1.807, 2.05) is 19.9 Å². The first-order valence-corrected chi connectivity index (χ1v) is 9.58. The van der Waals surface area contributed by atoms with Gasteiger partial charge in [-0.05, 0) is 44.5 Å². The van der Waals surface area contributed by atoms with E-state index in [0.29, 0.717) is 25.9 Å². The summed E-state index contributed by atoms with van der Waals surface area (Å²) in [5, 5.41) is 8.44. The van der Waals surface area contributed by atoms with Gasteiger partial charge in [0.25, 0.3) is 0 Å². The zero-order valence-electron chi connectivity index (χ0n) is 14.3. The molecule has 1 saturated heterocycles. The molecule has 0 N–H and O–H groups in total. The molecule has 2 unspecified atom stereocenters. The second kappa shape index (κ2) is 8.43. The van der Waals surface area contributed by atoms with Gasteiger partial charge in [0.1, 0.15) is 0 Å². The molecular weight excluding hydrogens is 344 g/mol. The Bertz CT molecular complexity index is 729. The normalized spacial score (nSPS) is 21.5. The molecule has 2 atom stereocenters. The molecule has 1 fully saturated rings. The van der Waals surface area contributed by atoms with Crippen molar-refractivity contribution in [2.24, 2.45) is 0 Å². The second-order valence-electron chi connectivity index (χ2n) is 6.00. The number of nitrogens with zero attached hydrogens (tertiary/aromatic N) is 2. The summed E-state index contributed by atoms with van der Waals surface area (Å²) in [6.45, 7) is 4.44. The molecule has 1 aromatic carbocycles. The molecule has 0 aliphatic carbocycles. The Labute approximate surface area is 148 Å². The molecule has 25 heavy (non-hydrogen) atoms. The van der Waals surface area contributed by atoms with Crippen LogP contribution in [0.5, 0.6) is 0 Å². The maximum Gasteiger partial charge on any atom is 0.338 e. The summed E-state index contributed by atoms with van der Waals surface area (Å²) in [5.74, 6) is -0.532. The predicted octanol–water partition coefficient (Wildman–Crippen LogP) is 1.95. The summed E-state index contributed by atoms with van der Waals surface area (Å²) in [4.78, 5) is 12.0. The van der Waals surface area contributed by atoms with Crippen LogP contribution in [-0.4, -0.2) is 50.6 Å². The van der Waals surface area contributed by atoms with Crippen molar-refractivity contribution in [1.29, 1.82) is 5.26 Å². The molecule has 8 heteroatoms. The summed E-state index contributed by atoms with van der Waals surface area (Å²) < 4.78 is 37.5. The number of hydrogen-bond acceptors (Lipinski definition) is 6. The topological polar surface area (TPSA) is 96.7 Å². The monoisotopic (exact) mass is 366 g/mol. The summed E-state index contributed by atoms with van der Waals surface area (Å²) in [5.41, 5.74) is 0.277. The molecule has 0 amide bonds. The van der Waals surface area contributed by atoms with Crippen molar-refractivity contribution in [3.63, 3.8) is 0 Å². The largest absolute Gasteiger partial charge is 0.462 e. The van der Waals surface area contributed by atoms with Crippen LogP contribution >= 0.6 is 0 Å². The summed E-state index contributed by atoms with van der Waals surface area (Å²) in [7, 11) is -3.63. The van der Waals surface area contributed by atoms with E-state index >= 15 is 0 Å². The maximum atomic E-state index is 12.7. The van der Waals surface area contributed by atoms with Gasteiger partial charge in [-0.3, -0.25) is 0 Å². The Morgan fingerprint density at radius 2 is 1.88 bits per heavy atom. The Morgan fingerprint density at radius 1 is 1.28 bits per heavy atom. The van der Waals surface area contributed by atoms with Crippen molar-refractivity contribution in [3.8, 4) is 6.07 Å². The molecule has 1 aliphatic heterocycles. The minimum Gasteiger partial charge on any atom is -0.462 e. The van der Waals surface area contributed by atoms with Gasteiger partial charge < -0.3 is 9.47 Å². The number of ether oxygens (including phenoxy) is 2. The molecular formula is C17H22N2O5S. The van der Waals surface area contributed by atoms with Crippen LogP contribution in [-0.2, 0) is 19.5 Å². The van der Waals surface area contributed by atoms with Crippen LogP contribution in [0.25, 0.3) is 0 Å². The number of carbonyl (C=O) groups is 1. The molecule has 0 aromatic heterocycles. The van der Waals surface area contributed by atoms with Crippen LogP contribution in [0.2, 0.25) is 0 Å². The van der Waals surface area contributed by atoms with Gasteiger partial charge in [-0.15, -0.1) is 0 Å². The smallest absolute Gasteiger partial charge is 0.338 e. The fraction of sp³-hybridized carbons (Fsp3) is 0.529. The summed E-state index contributed by atoms with van der Waals surface area (Å²) >= 11 is 0. The van der Waals surface area contributed by atoms with Gasteiger partial charge >= 0.3 is 5.97 Å². The van der Waals surface area contributed by atoms with Gasteiger partial charge in [0.05, 0.1) is 35.3 Å². The molecule has 2 rings (SSSR count). The number of sulfonamides is 1. The Kier molecular flexibility index (Phi) is 6.53. The molecule has 0 radical (unpaired) electrons. The molecule has 1 aromatic rings. The van der Waals surface area contributed by atoms with Crippen LogP contribution in [0.15, 0.2) is 29.2 Å². The number of rotatable bonds is 6. The van der Waals surface area contributed by atoms with Gasteiger partial charge in [0.15, 0.2) is 0 Å². The lowest BCUT2D eigenvalue weighted by atomic mass is 10.2. The second-order valence-corrected chi connectivity index (χ2v) is 7.94. The summed E-state index contributed by atoms with van der Waals surface area (Å²) in [6, 6.07) is 7.66. The highest BCUT2D eigenvalue weighted by molar-refractivity contribution is 7.89. The average Bonchev–Trinajstić information content (AvgIpc) is 2.58. The van der Waals surface area contributed by atoms with Crippen molar-refractivity contribution >= 4 is 16.0 Å². The minimum absolute atomic E-state index is 0.134. The molecule has 0 bridgehead atoms. The molecule has 136 valence electrons. The van der Waals surface area contributed by atoms with Crippen LogP contribution in [0.4, 0.5) is 0 Å².